The molecule has 0 spiro atoms. The minimum Gasteiger partial charge on any atom is -0.396 e. The number of nitrogens with zero attached hydrogens (tertiary/aromatic N) is 1. The van der Waals surface area contributed by atoms with E-state index in [4.69, 9.17) is 10.5 Å². The molecule has 21 heavy (non-hydrogen) atoms. The molecular formula is C15H22N2O2S2. The summed E-state index contributed by atoms with van der Waals surface area (Å²) >= 11 is 3.25. The van der Waals surface area contributed by atoms with Gasteiger partial charge in [-0.3, -0.25) is 4.79 Å². The van der Waals surface area contributed by atoms with Gasteiger partial charge in [0.1, 0.15) is 5.00 Å². The van der Waals surface area contributed by atoms with Crippen LogP contribution in [0.4, 0.5) is 10.7 Å². The number of thioether (sulfide) groups is 1. The van der Waals surface area contributed by atoms with Crippen molar-refractivity contribution < 1.29 is 9.53 Å². The summed E-state index contributed by atoms with van der Waals surface area (Å²) < 4.78 is 5.27. The molecule has 1 atom stereocenters. The Hall–Kier alpha value is -0.720. The van der Waals surface area contributed by atoms with E-state index in [1.54, 1.807) is 30.2 Å². The van der Waals surface area contributed by atoms with Gasteiger partial charge in [0.15, 0.2) is 5.78 Å². The Morgan fingerprint density at radius 3 is 2.86 bits per heavy atom. The number of nitrogens with two attached hydrogens (primary N) is 1. The zero-order valence-corrected chi connectivity index (χ0v) is 14.2. The van der Waals surface area contributed by atoms with Crippen molar-refractivity contribution in [3.63, 3.8) is 0 Å². The summed E-state index contributed by atoms with van der Waals surface area (Å²) in [5, 5.41) is 1.18. The normalized spacial score (nSPS) is 22.0. The summed E-state index contributed by atoms with van der Waals surface area (Å²) in [5.74, 6) is 1.07. The molecule has 1 unspecified atom stereocenters. The molecule has 1 aromatic rings. The quantitative estimate of drug-likeness (QED) is 0.643. The molecule has 6 heteroatoms. The van der Waals surface area contributed by atoms with Crippen molar-refractivity contribution in [3.05, 3.63) is 4.88 Å². The van der Waals surface area contributed by atoms with Crippen LogP contribution in [0.2, 0.25) is 0 Å². The lowest BCUT2D eigenvalue weighted by Gasteiger charge is -2.18. The Morgan fingerprint density at radius 2 is 2.24 bits per heavy atom. The highest BCUT2D eigenvalue weighted by Gasteiger charge is 2.35. The van der Waals surface area contributed by atoms with Crippen LogP contribution in [-0.4, -0.2) is 38.8 Å². The number of methoxy groups -OCH3 is 1. The van der Waals surface area contributed by atoms with Crippen LogP contribution in [-0.2, 0) is 4.74 Å². The zero-order valence-electron chi connectivity index (χ0n) is 12.6. The molecule has 0 bridgehead atoms. The zero-order chi connectivity index (χ0) is 15.0. The molecule has 2 aliphatic rings. The fourth-order valence-corrected chi connectivity index (χ4v) is 5.16. The molecule has 1 aromatic heterocycles. The molecule has 2 heterocycles. The smallest absolute Gasteiger partial charge is 0.178 e. The Balaban J connectivity index is 1.84. The van der Waals surface area contributed by atoms with Crippen LogP contribution in [0.5, 0.6) is 0 Å². The lowest BCUT2D eigenvalue weighted by atomic mass is 10.1. The third kappa shape index (κ3) is 2.94. The number of carbonyl (C=O) groups excluding carboxylic acids is 1. The van der Waals surface area contributed by atoms with Gasteiger partial charge >= 0.3 is 0 Å². The molecule has 1 saturated carbocycles. The van der Waals surface area contributed by atoms with E-state index in [2.05, 4.69) is 4.90 Å². The van der Waals surface area contributed by atoms with Crippen molar-refractivity contribution in [2.24, 2.45) is 11.8 Å². The van der Waals surface area contributed by atoms with Crippen LogP contribution in [0.3, 0.4) is 0 Å². The van der Waals surface area contributed by atoms with Crippen molar-refractivity contribution in [1.29, 1.82) is 0 Å². The van der Waals surface area contributed by atoms with Gasteiger partial charge in [-0.25, -0.2) is 0 Å². The van der Waals surface area contributed by atoms with E-state index in [1.165, 1.54) is 5.00 Å². The van der Waals surface area contributed by atoms with E-state index in [0.717, 1.165) is 48.7 Å². The van der Waals surface area contributed by atoms with Crippen molar-refractivity contribution in [2.75, 3.05) is 43.7 Å². The van der Waals surface area contributed by atoms with E-state index in [9.17, 15) is 4.79 Å². The summed E-state index contributed by atoms with van der Waals surface area (Å²) in [5.41, 5.74) is 6.96. The average molecular weight is 326 g/mol. The highest BCUT2D eigenvalue weighted by atomic mass is 32.2. The van der Waals surface area contributed by atoms with Crippen molar-refractivity contribution >= 4 is 39.6 Å². The Kier molecular flexibility index (Phi) is 4.47. The van der Waals surface area contributed by atoms with Gasteiger partial charge in [0.05, 0.1) is 22.1 Å². The summed E-state index contributed by atoms with van der Waals surface area (Å²) in [6, 6.07) is 0. The Morgan fingerprint density at radius 1 is 1.48 bits per heavy atom. The number of rotatable bonds is 6. The fourth-order valence-electron chi connectivity index (χ4n) is 2.92. The lowest BCUT2D eigenvalue weighted by Crippen LogP contribution is -2.20. The molecule has 0 amide bonds. The monoisotopic (exact) mass is 326 g/mol. The first-order chi connectivity index (χ1) is 10.2. The van der Waals surface area contributed by atoms with Crippen molar-refractivity contribution in [3.8, 4) is 0 Å². The van der Waals surface area contributed by atoms with Crippen molar-refractivity contribution in [2.45, 2.75) is 24.2 Å². The second kappa shape index (κ2) is 6.18. The van der Waals surface area contributed by atoms with Crippen LogP contribution >= 0.6 is 23.1 Å². The summed E-state index contributed by atoms with van der Waals surface area (Å²) in [4.78, 5) is 16.6. The first kappa shape index (κ1) is 15.2. The third-order valence-electron chi connectivity index (χ3n) is 4.23. The average Bonchev–Trinajstić information content (AvgIpc) is 3.14. The van der Waals surface area contributed by atoms with Gasteiger partial charge in [-0.15, -0.1) is 23.1 Å². The van der Waals surface area contributed by atoms with E-state index < -0.39 is 0 Å². The molecule has 0 aromatic carbocycles. The highest BCUT2D eigenvalue weighted by Crippen LogP contribution is 2.47. The van der Waals surface area contributed by atoms with Gasteiger partial charge < -0.3 is 15.4 Å². The van der Waals surface area contributed by atoms with E-state index in [0.29, 0.717) is 11.6 Å². The first-order valence-corrected chi connectivity index (χ1v) is 9.44. The lowest BCUT2D eigenvalue weighted by molar-refractivity contribution is 0.0972. The van der Waals surface area contributed by atoms with Crippen LogP contribution in [0.15, 0.2) is 4.90 Å². The molecule has 116 valence electrons. The van der Waals surface area contributed by atoms with Gasteiger partial charge in [0.25, 0.3) is 0 Å². The summed E-state index contributed by atoms with van der Waals surface area (Å²) in [6.07, 6.45) is 5.24. The van der Waals surface area contributed by atoms with E-state index >= 15 is 0 Å². The largest absolute Gasteiger partial charge is 0.396 e. The van der Waals surface area contributed by atoms with Gasteiger partial charge in [-0.05, 0) is 25.5 Å². The second-order valence-electron chi connectivity index (χ2n) is 5.88. The molecule has 1 saturated heterocycles. The molecule has 1 aliphatic carbocycles. The van der Waals surface area contributed by atoms with Crippen LogP contribution in [0, 0.1) is 11.8 Å². The minimum atomic E-state index is 0.230. The first-order valence-electron chi connectivity index (χ1n) is 7.40. The van der Waals surface area contributed by atoms with Crippen LogP contribution in [0.25, 0.3) is 0 Å². The minimum absolute atomic E-state index is 0.230. The summed E-state index contributed by atoms with van der Waals surface area (Å²) in [7, 11) is 1.76. The maximum Gasteiger partial charge on any atom is 0.178 e. The van der Waals surface area contributed by atoms with Crippen molar-refractivity contribution in [1.82, 2.24) is 0 Å². The number of anilines is 2. The number of hydrogen-bond acceptors (Lipinski definition) is 6. The number of ketones is 1. The van der Waals surface area contributed by atoms with E-state index in [-0.39, 0.29) is 11.7 Å². The Bertz CT molecular complexity index is 540. The number of ether oxygens (including phenoxy) is 1. The number of thiophene rings is 1. The number of nitrogen functional groups attached to an aromatic ring is 1. The van der Waals surface area contributed by atoms with Gasteiger partial charge in [0.2, 0.25) is 0 Å². The predicted octanol–water partition coefficient (Wildman–Crippen LogP) is 3.12. The van der Waals surface area contributed by atoms with Gasteiger partial charge in [-0.2, -0.15) is 0 Å². The maximum absolute atomic E-state index is 12.4. The second-order valence-corrected chi connectivity index (χ2v) is 7.69. The fraction of sp³-hybridized carbons (Fsp3) is 0.667. The summed E-state index contributed by atoms with van der Waals surface area (Å²) in [6.45, 7) is 2.83. The Labute approximate surface area is 134 Å². The van der Waals surface area contributed by atoms with Gasteiger partial charge in [0, 0.05) is 32.0 Å². The topological polar surface area (TPSA) is 55.6 Å². The molecule has 0 radical (unpaired) electrons. The molecule has 1 aliphatic heterocycles. The molecule has 4 nitrogen and oxygen atoms in total. The predicted molar refractivity (Wildman–Crippen MR) is 89.8 cm³/mol. The van der Waals surface area contributed by atoms with Crippen LogP contribution < -0.4 is 10.6 Å². The molecule has 3 rings (SSSR count). The van der Waals surface area contributed by atoms with Gasteiger partial charge in [-0.1, -0.05) is 0 Å². The maximum atomic E-state index is 12.4. The molecule has 2 N–H and O–H groups in total. The molecule has 2 fully saturated rings. The molecular weight excluding hydrogens is 304 g/mol. The van der Waals surface area contributed by atoms with E-state index in [1.807, 2.05) is 6.26 Å². The number of hydrogen-bond donors (Lipinski definition) is 1. The SMILES string of the molecule is COCC1CCN(c2sc(C(=O)C3CC3)c(N)c2SC)C1. The number of Topliss-reactive ketones (excluding diaryl/α,β-unsaturated/α-hetero) is 1. The number of carbonyl (C=O) groups is 1. The van der Waals surface area contributed by atoms with Crippen LogP contribution in [0.1, 0.15) is 28.9 Å². The standard InChI is InChI=1S/C15H22N2O2S2/c1-19-8-9-5-6-17(7-9)15-14(20-2)11(16)13(21-15)12(18)10-3-4-10/h9-10H,3-8,16H2,1-2H3. The third-order valence-corrected chi connectivity index (χ3v) is 6.47. The highest BCUT2D eigenvalue weighted by molar-refractivity contribution is 7.99.